The number of hydrogen-bond acceptors (Lipinski definition) is 4. The summed E-state index contributed by atoms with van der Waals surface area (Å²) in [6, 6.07) is 5.95. The molecule has 1 saturated heterocycles. The Balaban J connectivity index is 2.14. The van der Waals surface area contributed by atoms with Gasteiger partial charge in [0.15, 0.2) is 0 Å². The minimum absolute atomic E-state index is 0.117. The van der Waals surface area contributed by atoms with Gasteiger partial charge in [-0.25, -0.2) is 0 Å². The van der Waals surface area contributed by atoms with E-state index in [0.29, 0.717) is 0 Å². The molecule has 0 spiro atoms. The minimum atomic E-state index is -0.117. The Hall–Kier alpha value is -1.26. The average Bonchev–Trinajstić information content (AvgIpc) is 2.43. The van der Waals surface area contributed by atoms with Gasteiger partial charge in [0.05, 0.1) is 14.2 Å². The lowest BCUT2D eigenvalue weighted by Gasteiger charge is -2.38. The molecule has 4 nitrogen and oxygen atoms in total. The molecule has 1 aromatic carbocycles. The molecule has 19 heavy (non-hydrogen) atoms. The second kappa shape index (κ2) is 5.80. The van der Waals surface area contributed by atoms with Crippen molar-refractivity contribution in [1.29, 1.82) is 0 Å². The Morgan fingerprint density at radius 3 is 2.47 bits per heavy atom. The molecule has 1 aliphatic heterocycles. The van der Waals surface area contributed by atoms with Gasteiger partial charge in [-0.1, -0.05) is 6.07 Å². The number of nitrogens with zero attached hydrogens (tertiary/aromatic N) is 1. The molecule has 0 unspecified atom stereocenters. The van der Waals surface area contributed by atoms with E-state index in [0.717, 1.165) is 49.4 Å². The highest BCUT2D eigenvalue weighted by Gasteiger charge is 2.30. The molecule has 106 valence electrons. The molecule has 0 aromatic heterocycles. The predicted molar refractivity (Wildman–Crippen MR) is 76.9 cm³/mol. The number of hydrogen-bond donors (Lipinski definition) is 1. The fourth-order valence-electron chi connectivity index (χ4n) is 2.62. The molecule has 1 aliphatic rings. The van der Waals surface area contributed by atoms with Gasteiger partial charge in [0.25, 0.3) is 0 Å². The third kappa shape index (κ3) is 3.39. The summed E-state index contributed by atoms with van der Waals surface area (Å²) in [5, 5.41) is 0. The summed E-state index contributed by atoms with van der Waals surface area (Å²) in [6.45, 7) is 2.13. The Labute approximate surface area is 115 Å². The maximum Gasteiger partial charge on any atom is 0.125 e. The summed E-state index contributed by atoms with van der Waals surface area (Å²) in [5.74, 6) is 1.68. The second-order valence-corrected chi connectivity index (χ2v) is 5.52. The monoisotopic (exact) mass is 264 g/mol. The minimum Gasteiger partial charge on any atom is -0.497 e. The molecule has 1 heterocycles. The Kier molecular flexibility index (Phi) is 4.32. The Bertz CT molecular complexity index is 426. The van der Waals surface area contributed by atoms with Crippen molar-refractivity contribution < 1.29 is 9.47 Å². The lowest BCUT2D eigenvalue weighted by atomic mass is 9.83. The van der Waals surface area contributed by atoms with Gasteiger partial charge in [0.2, 0.25) is 0 Å². The molecular weight excluding hydrogens is 240 g/mol. The van der Waals surface area contributed by atoms with Crippen LogP contribution in [0.5, 0.6) is 11.5 Å². The van der Waals surface area contributed by atoms with Crippen molar-refractivity contribution in [3.8, 4) is 11.5 Å². The highest BCUT2D eigenvalue weighted by Crippen LogP contribution is 2.30. The van der Waals surface area contributed by atoms with Crippen LogP contribution in [0.4, 0.5) is 0 Å². The largest absolute Gasteiger partial charge is 0.497 e. The van der Waals surface area contributed by atoms with Crippen LogP contribution in [0.25, 0.3) is 0 Å². The zero-order valence-corrected chi connectivity index (χ0v) is 12.1. The smallest absolute Gasteiger partial charge is 0.125 e. The van der Waals surface area contributed by atoms with Crippen LogP contribution in [0.2, 0.25) is 0 Å². The molecule has 4 heteroatoms. The molecule has 0 aliphatic carbocycles. The zero-order chi connectivity index (χ0) is 13.9. The molecule has 0 saturated carbocycles. The topological polar surface area (TPSA) is 47.7 Å². The maximum absolute atomic E-state index is 6.53. The van der Waals surface area contributed by atoms with Gasteiger partial charge in [0.1, 0.15) is 11.5 Å². The van der Waals surface area contributed by atoms with Crippen LogP contribution >= 0.6 is 0 Å². The first-order valence-electron chi connectivity index (χ1n) is 6.75. The van der Waals surface area contributed by atoms with E-state index in [2.05, 4.69) is 18.0 Å². The van der Waals surface area contributed by atoms with E-state index in [9.17, 15) is 0 Å². The molecule has 1 aromatic rings. The molecule has 2 N–H and O–H groups in total. The van der Waals surface area contributed by atoms with E-state index in [1.54, 1.807) is 14.2 Å². The number of likely N-dealkylation sites (tertiary alicyclic amines) is 1. The van der Waals surface area contributed by atoms with Crippen LogP contribution in [-0.2, 0) is 6.42 Å². The van der Waals surface area contributed by atoms with Crippen molar-refractivity contribution in [1.82, 2.24) is 4.90 Å². The first-order chi connectivity index (χ1) is 9.06. The molecule has 1 fully saturated rings. The Morgan fingerprint density at radius 1 is 1.21 bits per heavy atom. The summed E-state index contributed by atoms with van der Waals surface area (Å²) in [6.07, 6.45) is 2.91. The fraction of sp³-hybridized carbons (Fsp3) is 0.600. The van der Waals surface area contributed by atoms with Crippen molar-refractivity contribution in [2.75, 3.05) is 34.4 Å². The lowest BCUT2D eigenvalue weighted by Crippen LogP contribution is -2.50. The van der Waals surface area contributed by atoms with Crippen molar-refractivity contribution in [2.24, 2.45) is 5.73 Å². The van der Waals surface area contributed by atoms with Crippen LogP contribution in [-0.4, -0.2) is 44.8 Å². The number of nitrogens with two attached hydrogens (primary N) is 1. The molecule has 0 bridgehead atoms. The summed E-state index contributed by atoms with van der Waals surface area (Å²) in [4.78, 5) is 2.33. The van der Waals surface area contributed by atoms with E-state index < -0.39 is 0 Å². The number of piperidine rings is 1. The number of methoxy groups -OCH3 is 2. The van der Waals surface area contributed by atoms with Crippen LogP contribution in [0.1, 0.15) is 18.4 Å². The summed E-state index contributed by atoms with van der Waals surface area (Å²) in [7, 11) is 5.50. The second-order valence-electron chi connectivity index (χ2n) is 5.52. The van der Waals surface area contributed by atoms with Gasteiger partial charge in [-0.05, 0) is 51.0 Å². The van der Waals surface area contributed by atoms with Crippen molar-refractivity contribution >= 4 is 0 Å². The lowest BCUT2D eigenvalue weighted by molar-refractivity contribution is 0.189. The van der Waals surface area contributed by atoms with E-state index in [1.807, 2.05) is 12.1 Å². The fourth-order valence-corrected chi connectivity index (χ4v) is 2.62. The number of benzene rings is 1. The number of ether oxygens (including phenoxy) is 2. The molecule has 2 rings (SSSR count). The first-order valence-corrected chi connectivity index (χ1v) is 6.75. The van der Waals surface area contributed by atoms with Gasteiger partial charge in [-0.3, -0.25) is 0 Å². The van der Waals surface area contributed by atoms with E-state index >= 15 is 0 Å². The molecule has 0 amide bonds. The van der Waals surface area contributed by atoms with Crippen LogP contribution < -0.4 is 15.2 Å². The van der Waals surface area contributed by atoms with Gasteiger partial charge in [-0.15, -0.1) is 0 Å². The maximum atomic E-state index is 6.53. The zero-order valence-electron chi connectivity index (χ0n) is 12.1. The Morgan fingerprint density at radius 2 is 1.89 bits per heavy atom. The van der Waals surface area contributed by atoms with Gasteiger partial charge in [-0.2, -0.15) is 0 Å². The summed E-state index contributed by atoms with van der Waals surface area (Å²) < 4.78 is 10.7. The highest BCUT2D eigenvalue weighted by molar-refractivity contribution is 5.41. The van der Waals surface area contributed by atoms with Crippen molar-refractivity contribution in [3.05, 3.63) is 23.8 Å². The van der Waals surface area contributed by atoms with Crippen molar-refractivity contribution in [2.45, 2.75) is 24.8 Å². The standard InChI is InChI=1S/C15H24N2O2/c1-17-8-6-15(16,7-9-17)11-12-4-5-13(18-2)10-14(12)19-3/h4-5,10H,6-9,11,16H2,1-3H3. The number of rotatable bonds is 4. The highest BCUT2D eigenvalue weighted by atomic mass is 16.5. The first kappa shape index (κ1) is 14.2. The van der Waals surface area contributed by atoms with Crippen LogP contribution in [0.3, 0.4) is 0 Å². The summed E-state index contributed by atoms with van der Waals surface area (Å²) >= 11 is 0. The van der Waals surface area contributed by atoms with Gasteiger partial charge >= 0.3 is 0 Å². The third-order valence-electron chi connectivity index (χ3n) is 4.02. The SMILES string of the molecule is COc1ccc(CC2(N)CCN(C)CC2)c(OC)c1. The molecular formula is C15H24N2O2. The molecule has 0 atom stereocenters. The normalized spacial score (nSPS) is 19.2. The van der Waals surface area contributed by atoms with Crippen LogP contribution in [0, 0.1) is 0 Å². The van der Waals surface area contributed by atoms with Crippen LogP contribution in [0.15, 0.2) is 18.2 Å². The molecule has 0 radical (unpaired) electrons. The summed E-state index contributed by atoms with van der Waals surface area (Å²) in [5.41, 5.74) is 7.58. The predicted octanol–water partition coefficient (Wildman–Crippen LogP) is 1.67. The van der Waals surface area contributed by atoms with Gasteiger partial charge < -0.3 is 20.1 Å². The third-order valence-corrected chi connectivity index (χ3v) is 4.02. The average molecular weight is 264 g/mol. The van der Waals surface area contributed by atoms with E-state index in [1.165, 1.54) is 0 Å². The van der Waals surface area contributed by atoms with Gasteiger partial charge in [0, 0.05) is 11.6 Å². The van der Waals surface area contributed by atoms with Crippen molar-refractivity contribution in [3.63, 3.8) is 0 Å². The van der Waals surface area contributed by atoms with E-state index in [4.69, 9.17) is 15.2 Å². The quantitative estimate of drug-likeness (QED) is 0.898. The van der Waals surface area contributed by atoms with E-state index in [-0.39, 0.29) is 5.54 Å².